The van der Waals surface area contributed by atoms with Crippen LogP contribution >= 0.6 is 47.3 Å². The molecule has 4 aromatic carbocycles. The zero-order valence-corrected chi connectivity index (χ0v) is 32.7. The topological polar surface area (TPSA) is 174 Å². The molecule has 52 heavy (non-hydrogen) atoms. The van der Waals surface area contributed by atoms with Crippen molar-refractivity contribution in [3.05, 3.63) is 130 Å². The first kappa shape index (κ1) is 43.6. The lowest BCUT2D eigenvalue weighted by atomic mass is 10.0. The van der Waals surface area contributed by atoms with Gasteiger partial charge in [-0.2, -0.15) is 0 Å². The van der Waals surface area contributed by atoms with Crippen molar-refractivity contribution in [2.75, 3.05) is 14.2 Å². The highest BCUT2D eigenvalue weighted by Crippen LogP contribution is 2.28. The minimum absolute atomic E-state index is 0.132. The Labute approximate surface area is 326 Å². The second-order valence-corrected chi connectivity index (χ2v) is 16.8. The first-order valence-corrected chi connectivity index (χ1v) is 17.9. The molecule has 0 heterocycles. The molecule has 0 spiro atoms. The van der Waals surface area contributed by atoms with E-state index < -0.39 is 0 Å². The predicted octanol–water partition coefficient (Wildman–Crippen LogP) is 7.94. The molecule has 0 amide bonds. The Morgan fingerprint density at radius 2 is 0.904 bits per heavy atom. The minimum atomic E-state index is -0.292. The van der Waals surface area contributed by atoms with Gasteiger partial charge in [-0.15, -0.1) is 47.3 Å². The van der Waals surface area contributed by atoms with Crippen molar-refractivity contribution in [1.82, 2.24) is 0 Å². The molecule has 0 unspecified atom stereocenters. The number of carbonyl (C=O) groups is 2. The van der Waals surface area contributed by atoms with Crippen LogP contribution in [0.25, 0.3) is 24.3 Å². The highest BCUT2D eigenvalue weighted by molar-refractivity contribution is 9.69. The predicted molar refractivity (Wildman–Crippen MR) is 216 cm³/mol. The molecule has 0 aromatic heterocycles. The van der Waals surface area contributed by atoms with E-state index in [2.05, 4.69) is 47.3 Å². The molecule has 0 radical (unpaired) electrons. The minimum Gasteiger partial charge on any atom is -0.504 e. The van der Waals surface area contributed by atoms with Gasteiger partial charge in [0.05, 0.1) is 27.4 Å². The maximum absolute atomic E-state index is 12.0. The quantitative estimate of drug-likeness (QED) is 0.0466. The number of phenols is 4. The van der Waals surface area contributed by atoms with Gasteiger partial charge in [0.15, 0.2) is 46.1 Å². The Morgan fingerprint density at radius 1 is 0.538 bits per heavy atom. The number of hydrogen-bond donors (Lipinski definition) is 6. The van der Waals surface area contributed by atoms with E-state index in [0.717, 1.165) is 11.1 Å². The zero-order chi connectivity index (χ0) is 38.6. The Kier molecular flexibility index (Phi) is 19.3. The number of rotatable bonds is 12. The van der Waals surface area contributed by atoms with Gasteiger partial charge in [0.25, 0.3) is 0 Å². The number of phenolic OH excluding ortho intramolecular Hbond substituents is 4. The molecule has 10 nitrogen and oxygen atoms in total. The lowest BCUT2D eigenvalue weighted by Gasteiger charge is -2.07. The third-order valence-corrected chi connectivity index (χ3v) is 6.74. The zero-order valence-electron chi connectivity index (χ0n) is 28.0. The fourth-order valence-electron chi connectivity index (χ4n) is 4.12. The molecular formula is C38H36BBr3O10. The molecule has 4 rings (SSSR count). The molecule has 0 bridgehead atoms. The van der Waals surface area contributed by atoms with E-state index in [0.29, 0.717) is 33.8 Å². The van der Waals surface area contributed by atoms with Crippen LogP contribution in [-0.4, -0.2) is 59.6 Å². The van der Waals surface area contributed by atoms with Crippen LogP contribution in [0, 0.1) is 0 Å². The summed E-state index contributed by atoms with van der Waals surface area (Å²) < 4.78 is 10.7. The third kappa shape index (κ3) is 15.7. The van der Waals surface area contributed by atoms with Gasteiger partial charge >= 0.3 is 3.18 Å². The first-order valence-electron chi connectivity index (χ1n) is 15.1. The standard InChI is InChI=1S/C21H22O5.C17H14O5.BBr3/c1-25-20-10-6-16(12-21(20)26-2)5-9-19(24)8-4-15-3-7-17(13-22)18(11-15)14-23;18-13(5-1-11-3-7-14(19)16(21)9-11)6-2-12-4-8-15(20)17(22)10-12;2-1(3)4/h3-12,22-23H,13-14H2,1-2H3;1-10,19-22H;/b8-4+,9-5+;5-1+,6-2+;. The molecule has 14 heteroatoms. The van der Waals surface area contributed by atoms with Crippen molar-refractivity contribution in [2.24, 2.45) is 0 Å². The Hall–Kier alpha value is -4.60. The monoisotopic (exact) mass is 900 g/mol. The second kappa shape index (κ2) is 23.1. The SMILES string of the molecule is BrB(Br)Br.COc1ccc(/C=C/C(=O)/C=C/c2ccc(CO)c(CO)c2)cc1OC.O=C(/C=C/c1ccc(O)c(O)c1)/C=C/c1ccc(O)c(O)c1. The normalized spacial score (nSPS) is 10.9. The number of carbonyl (C=O) groups excluding carboxylic acids is 2. The van der Waals surface area contributed by atoms with E-state index in [-0.39, 0.29) is 51.0 Å². The van der Waals surface area contributed by atoms with Crippen molar-refractivity contribution < 1.29 is 49.7 Å². The summed E-state index contributed by atoms with van der Waals surface area (Å²) >= 11 is 9.31. The highest BCUT2D eigenvalue weighted by atomic mass is 79.9. The van der Waals surface area contributed by atoms with Gasteiger partial charge in [-0.1, -0.05) is 54.6 Å². The molecule has 0 aliphatic heterocycles. The van der Waals surface area contributed by atoms with Crippen LogP contribution in [0.15, 0.2) is 97.1 Å². The van der Waals surface area contributed by atoms with Crippen LogP contribution in [-0.2, 0) is 22.8 Å². The van der Waals surface area contributed by atoms with E-state index in [9.17, 15) is 40.2 Å². The number of allylic oxidation sites excluding steroid dienone is 4. The fraction of sp³-hybridized carbons (Fsp3) is 0.105. The molecule has 4 aromatic rings. The molecule has 0 saturated heterocycles. The Morgan fingerprint density at radius 3 is 1.29 bits per heavy atom. The van der Waals surface area contributed by atoms with Crippen molar-refractivity contribution in [3.8, 4) is 34.5 Å². The van der Waals surface area contributed by atoms with Gasteiger partial charge < -0.3 is 40.1 Å². The Balaban J connectivity index is 0.000000330. The molecule has 0 atom stereocenters. The van der Waals surface area contributed by atoms with Crippen molar-refractivity contribution in [2.45, 2.75) is 13.2 Å². The first-order chi connectivity index (χ1) is 24.8. The van der Waals surface area contributed by atoms with Crippen molar-refractivity contribution in [1.29, 1.82) is 0 Å². The number of aromatic hydroxyl groups is 4. The van der Waals surface area contributed by atoms with E-state index in [1.807, 2.05) is 6.07 Å². The summed E-state index contributed by atoms with van der Waals surface area (Å²) in [6, 6.07) is 19.1. The van der Waals surface area contributed by atoms with E-state index in [1.54, 1.807) is 68.8 Å². The molecule has 0 aliphatic rings. The van der Waals surface area contributed by atoms with E-state index in [1.165, 1.54) is 60.7 Å². The summed E-state index contributed by atoms with van der Waals surface area (Å²) in [5.41, 5.74) is 4.05. The van der Waals surface area contributed by atoms with Gasteiger partial charge in [-0.25, -0.2) is 0 Å². The number of halogens is 3. The largest absolute Gasteiger partial charge is 0.504 e. The van der Waals surface area contributed by atoms with Gasteiger partial charge in [-0.3, -0.25) is 9.59 Å². The summed E-state index contributed by atoms with van der Waals surface area (Å²) in [6.07, 6.45) is 11.9. The number of ether oxygens (including phenoxy) is 2. The fourth-order valence-corrected chi connectivity index (χ4v) is 4.12. The molecule has 272 valence electrons. The van der Waals surface area contributed by atoms with Gasteiger partial charge in [-0.05, 0) is 100 Å². The van der Waals surface area contributed by atoms with Crippen molar-refractivity contribution in [3.63, 3.8) is 0 Å². The second-order valence-electron chi connectivity index (χ2n) is 10.3. The number of methoxy groups -OCH3 is 2. The smallest absolute Gasteiger partial charge is 0.369 e. The highest BCUT2D eigenvalue weighted by Gasteiger charge is 2.04. The lowest BCUT2D eigenvalue weighted by molar-refractivity contribution is -0.111. The molecular weight excluding hydrogens is 867 g/mol. The summed E-state index contributed by atoms with van der Waals surface area (Å²) in [6.45, 7) is -0.294. The van der Waals surface area contributed by atoms with Crippen molar-refractivity contribution >= 4 is 86.3 Å². The summed E-state index contributed by atoms with van der Waals surface area (Å²) in [5.74, 6) is -0.211. The van der Waals surface area contributed by atoms with Crippen LogP contribution in [0.5, 0.6) is 34.5 Å². The molecule has 0 saturated carbocycles. The molecule has 0 fully saturated rings. The van der Waals surface area contributed by atoms with Crippen LogP contribution in [0.1, 0.15) is 33.4 Å². The van der Waals surface area contributed by atoms with E-state index in [4.69, 9.17) is 9.47 Å². The summed E-state index contributed by atoms with van der Waals surface area (Å²) in [5, 5.41) is 55.6. The van der Waals surface area contributed by atoms with Gasteiger partial charge in [0.2, 0.25) is 0 Å². The van der Waals surface area contributed by atoms with Crippen LogP contribution < -0.4 is 9.47 Å². The average Bonchev–Trinajstić information content (AvgIpc) is 3.13. The molecule has 0 aliphatic carbocycles. The third-order valence-electron chi connectivity index (χ3n) is 6.74. The van der Waals surface area contributed by atoms with Crippen LogP contribution in [0.3, 0.4) is 0 Å². The lowest BCUT2D eigenvalue weighted by Crippen LogP contribution is -1.94. The summed E-state index contributed by atoms with van der Waals surface area (Å²) in [7, 11) is 3.12. The summed E-state index contributed by atoms with van der Waals surface area (Å²) in [4.78, 5) is 23.7. The molecule has 6 N–H and O–H groups in total. The number of aliphatic hydroxyl groups excluding tert-OH is 2. The van der Waals surface area contributed by atoms with E-state index >= 15 is 0 Å². The number of hydrogen-bond acceptors (Lipinski definition) is 10. The van der Waals surface area contributed by atoms with Crippen LogP contribution in [0.4, 0.5) is 0 Å². The van der Waals surface area contributed by atoms with Gasteiger partial charge in [0, 0.05) is 0 Å². The number of benzene rings is 4. The van der Waals surface area contributed by atoms with Gasteiger partial charge in [0.1, 0.15) is 0 Å². The average molecular weight is 903 g/mol. The number of aliphatic hydroxyl groups is 2. The maximum Gasteiger partial charge on any atom is 0.369 e. The maximum atomic E-state index is 12.0. The Bertz CT molecular complexity index is 1790. The van der Waals surface area contributed by atoms with Crippen LogP contribution in [0.2, 0.25) is 0 Å². The number of ketones is 2.